The van der Waals surface area contributed by atoms with E-state index in [1.54, 1.807) is 18.1 Å². The van der Waals surface area contributed by atoms with E-state index in [9.17, 15) is 13.2 Å². The lowest BCUT2D eigenvalue weighted by Gasteiger charge is -2.44. The molecule has 26 heavy (non-hydrogen) atoms. The number of benzene rings is 1. The van der Waals surface area contributed by atoms with Gasteiger partial charge < -0.3 is 9.64 Å². The monoisotopic (exact) mass is 378 g/mol. The average Bonchev–Trinajstić information content (AvgIpc) is 3.34. The fourth-order valence-electron chi connectivity index (χ4n) is 4.36. The second kappa shape index (κ2) is 6.53. The summed E-state index contributed by atoms with van der Waals surface area (Å²) in [6, 6.07) is 5.20. The third-order valence-corrected chi connectivity index (χ3v) is 7.61. The lowest BCUT2D eigenvalue weighted by atomic mass is 10.0. The Bertz CT molecular complexity index is 819. The standard InChI is InChI=1S/C19H26N2O4S/c1-13-4-3-5-17(25-2)18(13)19(22)21-9-8-20(10-14-6-7-14)15-11-26(23,24)12-16(15)21/h3-5,14-16H,6-12H2,1-2H3/t15-,16+/m1/s1. The van der Waals surface area contributed by atoms with Crippen LogP contribution in [0.15, 0.2) is 18.2 Å². The van der Waals surface area contributed by atoms with Crippen molar-refractivity contribution in [3.8, 4) is 5.75 Å². The first kappa shape index (κ1) is 17.8. The summed E-state index contributed by atoms with van der Waals surface area (Å²) in [5.74, 6) is 1.38. The predicted molar refractivity (Wildman–Crippen MR) is 99.3 cm³/mol. The van der Waals surface area contributed by atoms with Crippen molar-refractivity contribution in [3.05, 3.63) is 29.3 Å². The first-order valence-electron chi connectivity index (χ1n) is 9.28. The van der Waals surface area contributed by atoms with Crippen LogP contribution in [0.1, 0.15) is 28.8 Å². The predicted octanol–water partition coefficient (Wildman–Crippen LogP) is 1.34. The molecule has 0 N–H and O–H groups in total. The van der Waals surface area contributed by atoms with Crippen molar-refractivity contribution in [2.24, 2.45) is 5.92 Å². The minimum Gasteiger partial charge on any atom is -0.496 e. The smallest absolute Gasteiger partial charge is 0.258 e. The summed E-state index contributed by atoms with van der Waals surface area (Å²) in [5.41, 5.74) is 1.40. The number of hydrogen-bond donors (Lipinski definition) is 0. The van der Waals surface area contributed by atoms with Crippen LogP contribution in [-0.2, 0) is 9.84 Å². The highest BCUT2D eigenvalue weighted by Crippen LogP contribution is 2.35. The Labute approximate surface area is 155 Å². The number of rotatable bonds is 4. The van der Waals surface area contributed by atoms with Gasteiger partial charge in [0.25, 0.3) is 5.91 Å². The Morgan fingerprint density at radius 3 is 2.62 bits per heavy atom. The molecule has 0 spiro atoms. The highest BCUT2D eigenvalue weighted by atomic mass is 32.2. The molecule has 2 saturated heterocycles. The van der Waals surface area contributed by atoms with Crippen molar-refractivity contribution in [2.75, 3.05) is 38.2 Å². The van der Waals surface area contributed by atoms with Crippen LogP contribution < -0.4 is 4.74 Å². The number of piperazine rings is 1. The fraction of sp³-hybridized carbons (Fsp3) is 0.632. The molecule has 0 radical (unpaired) electrons. The van der Waals surface area contributed by atoms with Crippen LogP contribution in [0.5, 0.6) is 5.75 Å². The number of ether oxygens (including phenoxy) is 1. The molecule has 0 bridgehead atoms. The summed E-state index contributed by atoms with van der Waals surface area (Å²) >= 11 is 0. The van der Waals surface area contributed by atoms with E-state index in [2.05, 4.69) is 4.90 Å². The van der Waals surface area contributed by atoms with E-state index in [0.29, 0.717) is 23.8 Å². The molecule has 3 fully saturated rings. The van der Waals surface area contributed by atoms with Gasteiger partial charge in [0, 0.05) is 25.7 Å². The third-order valence-electron chi connectivity index (χ3n) is 5.91. The molecule has 1 aromatic rings. The summed E-state index contributed by atoms with van der Waals surface area (Å²) in [6.07, 6.45) is 2.48. The maximum Gasteiger partial charge on any atom is 0.258 e. The lowest BCUT2D eigenvalue weighted by molar-refractivity contribution is 0.0315. The number of carbonyl (C=O) groups excluding carboxylic acids is 1. The van der Waals surface area contributed by atoms with Gasteiger partial charge in [0.1, 0.15) is 5.75 Å². The van der Waals surface area contributed by atoms with Gasteiger partial charge in [-0.05, 0) is 37.3 Å². The highest BCUT2D eigenvalue weighted by Gasteiger charge is 2.49. The molecule has 1 amide bonds. The van der Waals surface area contributed by atoms with Crippen molar-refractivity contribution in [2.45, 2.75) is 31.8 Å². The third kappa shape index (κ3) is 3.22. The molecule has 0 unspecified atom stereocenters. The van der Waals surface area contributed by atoms with Crippen molar-refractivity contribution in [1.82, 2.24) is 9.80 Å². The normalized spacial score (nSPS) is 28.0. The van der Waals surface area contributed by atoms with Crippen molar-refractivity contribution in [3.63, 3.8) is 0 Å². The van der Waals surface area contributed by atoms with Crippen molar-refractivity contribution in [1.29, 1.82) is 0 Å². The topological polar surface area (TPSA) is 66.9 Å². The van der Waals surface area contributed by atoms with Crippen LogP contribution in [-0.4, -0.2) is 74.5 Å². The number of hydrogen-bond acceptors (Lipinski definition) is 5. The van der Waals surface area contributed by atoms with Gasteiger partial charge in [0.05, 0.1) is 30.2 Å². The summed E-state index contributed by atoms with van der Waals surface area (Å²) < 4.78 is 30.1. The molecule has 1 aromatic carbocycles. The second-order valence-corrected chi connectivity index (χ2v) is 9.95. The van der Waals surface area contributed by atoms with Gasteiger partial charge in [-0.15, -0.1) is 0 Å². The first-order valence-corrected chi connectivity index (χ1v) is 11.1. The van der Waals surface area contributed by atoms with Gasteiger partial charge in [-0.1, -0.05) is 12.1 Å². The van der Waals surface area contributed by atoms with E-state index in [4.69, 9.17) is 4.74 Å². The van der Waals surface area contributed by atoms with Gasteiger partial charge in [-0.2, -0.15) is 0 Å². The number of fused-ring (bicyclic) bond motifs is 1. The number of nitrogens with zero attached hydrogens (tertiary/aromatic N) is 2. The van der Waals surface area contributed by atoms with Gasteiger partial charge in [-0.3, -0.25) is 9.69 Å². The minimum absolute atomic E-state index is 0.0682. The number of sulfone groups is 1. The number of methoxy groups -OCH3 is 1. The van der Waals surface area contributed by atoms with Crippen LogP contribution in [0.2, 0.25) is 0 Å². The molecule has 4 rings (SSSR count). The largest absolute Gasteiger partial charge is 0.496 e. The Balaban J connectivity index is 1.64. The summed E-state index contributed by atoms with van der Waals surface area (Å²) in [7, 11) is -1.56. The van der Waals surface area contributed by atoms with Gasteiger partial charge in [0.15, 0.2) is 9.84 Å². The van der Waals surface area contributed by atoms with E-state index >= 15 is 0 Å². The van der Waals surface area contributed by atoms with E-state index in [1.165, 1.54) is 12.8 Å². The molecule has 2 aliphatic heterocycles. The molecule has 6 nitrogen and oxygen atoms in total. The minimum atomic E-state index is -3.12. The molecule has 3 aliphatic rings. The van der Waals surface area contributed by atoms with E-state index in [0.717, 1.165) is 18.7 Å². The maximum absolute atomic E-state index is 13.3. The SMILES string of the molecule is COc1cccc(C)c1C(=O)N1CCN(CC2CC2)[C@@H]2CS(=O)(=O)C[C@@H]21. The molecular weight excluding hydrogens is 352 g/mol. The lowest BCUT2D eigenvalue weighted by Crippen LogP contribution is -2.61. The second-order valence-electron chi connectivity index (χ2n) is 7.80. The zero-order valence-electron chi connectivity index (χ0n) is 15.3. The van der Waals surface area contributed by atoms with Gasteiger partial charge >= 0.3 is 0 Å². The Morgan fingerprint density at radius 1 is 1.19 bits per heavy atom. The molecular formula is C19H26N2O4S. The zero-order valence-corrected chi connectivity index (χ0v) is 16.2. The summed E-state index contributed by atoms with van der Waals surface area (Å²) in [6.45, 7) is 4.17. The van der Waals surface area contributed by atoms with Crippen molar-refractivity contribution < 1.29 is 17.9 Å². The summed E-state index contributed by atoms with van der Waals surface area (Å²) in [4.78, 5) is 17.4. The van der Waals surface area contributed by atoms with E-state index in [1.807, 2.05) is 19.1 Å². The number of aryl methyl sites for hydroxylation is 1. The van der Waals surface area contributed by atoms with Crippen LogP contribution in [0.4, 0.5) is 0 Å². The Hall–Kier alpha value is -1.60. The molecule has 2 atom stereocenters. The van der Waals surface area contributed by atoms with E-state index in [-0.39, 0.29) is 29.5 Å². The fourth-order valence-corrected chi connectivity index (χ4v) is 6.38. The van der Waals surface area contributed by atoms with Crippen LogP contribution in [0.3, 0.4) is 0 Å². The van der Waals surface area contributed by atoms with E-state index < -0.39 is 9.84 Å². The quantitative estimate of drug-likeness (QED) is 0.791. The Kier molecular flexibility index (Phi) is 4.47. The molecule has 0 aromatic heterocycles. The Morgan fingerprint density at radius 2 is 1.92 bits per heavy atom. The molecule has 1 saturated carbocycles. The van der Waals surface area contributed by atoms with Crippen LogP contribution in [0, 0.1) is 12.8 Å². The van der Waals surface area contributed by atoms with Crippen molar-refractivity contribution >= 4 is 15.7 Å². The maximum atomic E-state index is 13.3. The molecule has 2 heterocycles. The molecule has 1 aliphatic carbocycles. The number of carbonyl (C=O) groups is 1. The number of amides is 1. The van der Waals surface area contributed by atoms with Gasteiger partial charge in [0.2, 0.25) is 0 Å². The molecule has 7 heteroatoms. The average molecular weight is 378 g/mol. The highest BCUT2D eigenvalue weighted by molar-refractivity contribution is 7.91. The zero-order chi connectivity index (χ0) is 18.5. The molecule has 142 valence electrons. The summed E-state index contributed by atoms with van der Waals surface area (Å²) in [5, 5.41) is 0. The van der Waals surface area contributed by atoms with Crippen LogP contribution >= 0.6 is 0 Å². The first-order chi connectivity index (χ1) is 12.4. The van der Waals surface area contributed by atoms with Gasteiger partial charge in [-0.25, -0.2) is 8.42 Å². The van der Waals surface area contributed by atoms with Crippen LogP contribution in [0.25, 0.3) is 0 Å².